The smallest absolute Gasteiger partial charge is 0.293 e. The van der Waals surface area contributed by atoms with Gasteiger partial charge in [0.25, 0.3) is 5.69 Å². The van der Waals surface area contributed by atoms with E-state index < -0.39 is 10.8 Å². The Balaban J connectivity index is 1.66. The van der Waals surface area contributed by atoms with E-state index in [0.717, 1.165) is 38.4 Å². The molecule has 1 aromatic rings. The van der Waals surface area contributed by atoms with E-state index in [2.05, 4.69) is 5.32 Å². The molecule has 0 atom stereocenters. The second kappa shape index (κ2) is 6.54. The fourth-order valence-electron chi connectivity index (χ4n) is 3.07. The molecule has 7 nitrogen and oxygen atoms in total. The van der Waals surface area contributed by atoms with Gasteiger partial charge < -0.3 is 16.0 Å². The third-order valence-electron chi connectivity index (χ3n) is 4.68. The summed E-state index contributed by atoms with van der Waals surface area (Å²) in [5.41, 5.74) is 5.90. The monoisotopic (exact) mass is 318 g/mol. The summed E-state index contributed by atoms with van der Waals surface area (Å²) in [6.45, 7) is 2.65. The molecule has 7 heteroatoms. The largest absolute Gasteiger partial charge is 0.366 e. The van der Waals surface area contributed by atoms with Crippen molar-refractivity contribution in [2.75, 3.05) is 24.5 Å². The second-order valence-electron chi connectivity index (χ2n) is 6.44. The number of amides is 1. The summed E-state index contributed by atoms with van der Waals surface area (Å²) in [6.07, 6.45) is 4.62. The summed E-state index contributed by atoms with van der Waals surface area (Å²) >= 11 is 0. The number of nitrogens with one attached hydrogen (secondary N) is 1. The van der Waals surface area contributed by atoms with Gasteiger partial charge in [-0.25, -0.2) is 0 Å². The number of nitro benzene ring substituents is 1. The summed E-state index contributed by atoms with van der Waals surface area (Å²) in [7, 11) is 0. The fourth-order valence-corrected chi connectivity index (χ4v) is 3.07. The van der Waals surface area contributed by atoms with Crippen molar-refractivity contribution >= 4 is 17.3 Å². The van der Waals surface area contributed by atoms with Crippen LogP contribution in [0.15, 0.2) is 18.2 Å². The van der Waals surface area contributed by atoms with Crippen LogP contribution in [0.3, 0.4) is 0 Å². The molecule has 1 aliphatic carbocycles. The third kappa shape index (κ3) is 3.79. The number of piperidine rings is 1. The Morgan fingerprint density at radius 2 is 2.00 bits per heavy atom. The molecule has 1 heterocycles. The van der Waals surface area contributed by atoms with Crippen molar-refractivity contribution in [1.82, 2.24) is 5.32 Å². The molecule has 1 amide bonds. The van der Waals surface area contributed by atoms with Crippen LogP contribution in [0.5, 0.6) is 0 Å². The molecular weight excluding hydrogens is 296 g/mol. The lowest BCUT2D eigenvalue weighted by Crippen LogP contribution is -2.43. The molecule has 1 saturated heterocycles. The van der Waals surface area contributed by atoms with E-state index >= 15 is 0 Å². The second-order valence-corrected chi connectivity index (χ2v) is 6.44. The van der Waals surface area contributed by atoms with Crippen molar-refractivity contribution in [3.05, 3.63) is 33.9 Å². The molecule has 0 unspecified atom stereocenters. The van der Waals surface area contributed by atoms with Crippen molar-refractivity contribution in [2.24, 2.45) is 11.7 Å². The molecule has 0 spiro atoms. The average molecular weight is 318 g/mol. The van der Waals surface area contributed by atoms with Gasteiger partial charge in [-0.3, -0.25) is 14.9 Å². The lowest BCUT2D eigenvalue weighted by molar-refractivity contribution is -0.384. The highest BCUT2D eigenvalue weighted by molar-refractivity contribution is 5.94. The molecule has 2 aliphatic rings. The number of primary amides is 1. The molecule has 0 radical (unpaired) electrons. The van der Waals surface area contributed by atoms with Crippen LogP contribution in [-0.2, 0) is 0 Å². The van der Waals surface area contributed by atoms with Crippen molar-refractivity contribution in [2.45, 2.75) is 31.7 Å². The van der Waals surface area contributed by atoms with Crippen LogP contribution < -0.4 is 16.0 Å². The van der Waals surface area contributed by atoms with Crippen LogP contribution in [0.1, 0.15) is 36.0 Å². The van der Waals surface area contributed by atoms with Crippen molar-refractivity contribution in [1.29, 1.82) is 0 Å². The van der Waals surface area contributed by atoms with Crippen molar-refractivity contribution in [3.63, 3.8) is 0 Å². The number of benzene rings is 1. The summed E-state index contributed by atoms with van der Waals surface area (Å²) in [5, 5.41) is 14.9. The molecule has 2 fully saturated rings. The first kappa shape index (κ1) is 15.7. The zero-order chi connectivity index (χ0) is 16.4. The van der Waals surface area contributed by atoms with Gasteiger partial charge in [0.05, 0.1) is 4.92 Å². The average Bonchev–Trinajstić information content (AvgIpc) is 3.37. The quantitative estimate of drug-likeness (QED) is 0.613. The topological polar surface area (TPSA) is 102 Å². The normalized spacial score (nSPS) is 18.9. The van der Waals surface area contributed by atoms with E-state index in [-0.39, 0.29) is 11.3 Å². The first-order valence-corrected chi connectivity index (χ1v) is 8.11. The van der Waals surface area contributed by atoms with Gasteiger partial charge in [-0.15, -0.1) is 0 Å². The molecule has 23 heavy (non-hydrogen) atoms. The minimum absolute atomic E-state index is 0.0503. The Labute approximate surface area is 135 Å². The molecule has 1 saturated carbocycles. The fraction of sp³-hybridized carbons (Fsp3) is 0.562. The van der Waals surface area contributed by atoms with Gasteiger partial charge in [-0.05, 0) is 50.3 Å². The number of carbonyl (C=O) groups is 1. The molecule has 3 rings (SSSR count). The Kier molecular flexibility index (Phi) is 4.47. The Hall–Kier alpha value is -2.15. The number of anilines is 1. The molecule has 124 valence electrons. The summed E-state index contributed by atoms with van der Waals surface area (Å²) in [4.78, 5) is 24.1. The lowest BCUT2D eigenvalue weighted by atomic mass is 10.0. The van der Waals surface area contributed by atoms with Crippen molar-refractivity contribution in [3.8, 4) is 0 Å². The van der Waals surface area contributed by atoms with Crippen LogP contribution in [0.25, 0.3) is 0 Å². The van der Waals surface area contributed by atoms with Crippen LogP contribution in [0, 0.1) is 16.0 Å². The zero-order valence-electron chi connectivity index (χ0n) is 13.0. The molecule has 0 bridgehead atoms. The standard InChI is InChI=1S/C16H22N4O3/c17-16(21)12-3-4-14(15(9-12)20(22)23)19-7-5-13(6-8-19)18-10-11-1-2-11/h3-4,9,11,13,18H,1-2,5-8,10H2,(H2,17,21). The molecule has 1 aliphatic heterocycles. The van der Waals surface area contributed by atoms with E-state index in [0.29, 0.717) is 11.7 Å². The van der Waals surface area contributed by atoms with Gasteiger partial charge in [-0.1, -0.05) is 0 Å². The first-order valence-electron chi connectivity index (χ1n) is 8.11. The van der Waals surface area contributed by atoms with Gasteiger partial charge in [0.15, 0.2) is 0 Å². The van der Waals surface area contributed by atoms with E-state index in [4.69, 9.17) is 5.73 Å². The van der Waals surface area contributed by atoms with Gasteiger partial charge in [-0.2, -0.15) is 0 Å². The summed E-state index contributed by atoms with van der Waals surface area (Å²) < 4.78 is 0. The number of hydrogen-bond donors (Lipinski definition) is 2. The maximum absolute atomic E-state index is 11.3. The number of nitrogens with zero attached hydrogens (tertiary/aromatic N) is 2. The van der Waals surface area contributed by atoms with E-state index in [1.807, 2.05) is 4.90 Å². The highest BCUT2D eigenvalue weighted by Gasteiger charge is 2.27. The molecule has 0 aromatic heterocycles. The predicted molar refractivity (Wildman–Crippen MR) is 87.6 cm³/mol. The molecular formula is C16H22N4O3. The minimum atomic E-state index is -0.650. The number of nitro groups is 1. The van der Waals surface area contributed by atoms with E-state index in [1.54, 1.807) is 12.1 Å². The Morgan fingerprint density at radius 1 is 1.30 bits per heavy atom. The summed E-state index contributed by atoms with van der Waals surface area (Å²) in [6, 6.07) is 4.96. The zero-order valence-corrected chi connectivity index (χ0v) is 13.0. The lowest BCUT2D eigenvalue weighted by Gasteiger charge is -2.33. The van der Waals surface area contributed by atoms with E-state index in [1.165, 1.54) is 18.9 Å². The van der Waals surface area contributed by atoms with E-state index in [9.17, 15) is 14.9 Å². The SMILES string of the molecule is NC(=O)c1ccc(N2CCC(NCC3CC3)CC2)c([N+](=O)[O-])c1. The van der Waals surface area contributed by atoms with Crippen LogP contribution in [0.2, 0.25) is 0 Å². The number of rotatable bonds is 6. The number of nitrogens with two attached hydrogens (primary N) is 1. The predicted octanol–water partition coefficient (Wildman–Crippen LogP) is 1.66. The van der Waals surface area contributed by atoms with Gasteiger partial charge in [0.1, 0.15) is 5.69 Å². The van der Waals surface area contributed by atoms with Crippen LogP contribution in [0.4, 0.5) is 11.4 Å². The van der Waals surface area contributed by atoms with Crippen molar-refractivity contribution < 1.29 is 9.72 Å². The number of hydrogen-bond acceptors (Lipinski definition) is 5. The maximum Gasteiger partial charge on any atom is 0.293 e. The first-order chi connectivity index (χ1) is 11.0. The molecule has 1 aromatic carbocycles. The van der Waals surface area contributed by atoms with Crippen LogP contribution >= 0.6 is 0 Å². The molecule has 3 N–H and O–H groups in total. The van der Waals surface area contributed by atoms with Gasteiger partial charge in [0, 0.05) is 30.8 Å². The Bertz CT molecular complexity index is 607. The summed E-state index contributed by atoms with van der Waals surface area (Å²) in [5.74, 6) is 0.207. The van der Waals surface area contributed by atoms with Gasteiger partial charge >= 0.3 is 0 Å². The van der Waals surface area contributed by atoms with Gasteiger partial charge in [0.2, 0.25) is 5.91 Å². The maximum atomic E-state index is 11.3. The third-order valence-corrected chi connectivity index (χ3v) is 4.68. The minimum Gasteiger partial charge on any atom is -0.366 e. The highest BCUT2D eigenvalue weighted by Crippen LogP contribution is 2.32. The Morgan fingerprint density at radius 3 is 2.57 bits per heavy atom. The van der Waals surface area contributed by atoms with Crippen LogP contribution in [-0.4, -0.2) is 36.5 Å². The number of carbonyl (C=O) groups excluding carboxylic acids is 1. The highest BCUT2D eigenvalue weighted by atomic mass is 16.6.